The number of hydrogen-bond donors (Lipinski definition) is 2. The van der Waals surface area contributed by atoms with Gasteiger partial charge in [0.15, 0.2) is 0 Å². The molecule has 0 radical (unpaired) electrons. The molecule has 7 rings (SSSR count). The van der Waals surface area contributed by atoms with Crippen LogP contribution < -0.4 is 0 Å². The standard InChI is InChI=1S/C42H46N6S2/c1-47(2,3)23-25-49-35-15-7-29(8-16-35)41-37-19-11-31(43-37)27-33-13-21-39(45-33)42(30-9-17-36(18-10-30)50-26-24-48(4,5)6)40-22-14-34(46-40)28-32-12-20-38(41)44-32/h7-22,27-28,43-44H,23-26H2,1-6H3/q+2. The largest absolute Gasteiger partial charge is 0.355 e. The fourth-order valence-corrected chi connectivity index (χ4v) is 8.40. The highest BCUT2D eigenvalue weighted by atomic mass is 32.2. The molecule has 0 aliphatic carbocycles. The molecule has 0 atom stereocenters. The van der Waals surface area contributed by atoms with Gasteiger partial charge in [0.05, 0.1) is 78.2 Å². The van der Waals surface area contributed by atoms with Crippen molar-refractivity contribution in [3.05, 3.63) is 108 Å². The lowest BCUT2D eigenvalue weighted by Gasteiger charge is -2.23. The lowest BCUT2D eigenvalue weighted by molar-refractivity contribution is -0.867. The van der Waals surface area contributed by atoms with E-state index in [1.54, 1.807) is 0 Å². The SMILES string of the molecule is C[N+](C)(C)CCSc1ccc(-c2c3nc(cc4ccc([nH]4)c(-c4ccc(SCC[N+](C)(C)C)cc4)c4ccc(cc5nc2C=C5)[nH]4)C=C3)cc1. The monoisotopic (exact) mass is 698 g/mol. The van der Waals surface area contributed by atoms with E-state index >= 15 is 0 Å². The number of benzene rings is 2. The zero-order chi connectivity index (χ0) is 34.9. The molecule has 0 fully saturated rings. The van der Waals surface area contributed by atoms with E-state index in [9.17, 15) is 0 Å². The number of fused-ring (bicyclic) bond motifs is 8. The Labute approximate surface area is 304 Å². The predicted molar refractivity (Wildman–Crippen MR) is 217 cm³/mol. The van der Waals surface area contributed by atoms with Crippen molar-refractivity contribution >= 4 is 69.9 Å². The summed E-state index contributed by atoms with van der Waals surface area (Å²) in [6.07, 6.45) is 8.41. The fraction of sp³-hybridized carbons (Fsp3) is 0.238. The molecule has 2 aliphatic heterocycles. The molecule has 0 amide bonds. The summed E-state index contributed by atoms with van der Waals surface area (Å²) in [5.41, 5.74) is 12.2. The zero-order valence-electron chi connectivity index (χ0n) is 29.8. The minimum atomic E-state index is 0.905. The van der Waals surface area contributed by atoms with Gasteiger partial charge in [0, 0.05) is 54.5 Å². The Kier molecular flexibility index (Phi) is 9.63. The Balaban J connectivity index is 1.30. The number of nitrogens with zero attached hydrogens (tertiary/aromatic N) is 4. The molecule has 50 heavy (non-hydrogen) atoms. The zero-order valence-corrected chi connectivity index (χ0v) is 31.5. The van der Waals surface area contributed by atoms with Gasteiger partial charge in [-0.15, -0.1) is 23.5 Å². The molecule has 8 bridgehead atoms. The number of hydrogen-bond acceptors (Lipinski definition) is 4. The van der Waals surface area contributed by atoms with E-state index in [-0.39, 0.29) is 0 Å². The molecule has 254 valence electrons. The Morgan fingerprint density at radius 3 is 1.34 bits per heavy atom. The summed E-state index contributed by atoms with van der Waals surface area (Å²) in [6.45, 7) is 2.24. The normalized spacial score (nSPS) is 12.9. The topological polar surface area (TPSA) is 57.4 Å². The minimum Gasteiger partial charge on any atom is -0.355 e. The van der Waals surface area contributed by atoms with Crippen molar-refractivity contribution in [1.29, 1.82) is 0 Å². The first-order valence-corrected chi connectivity index (χ1v) is 19.1. The van der Waals surface area contributed by atoms with Crippen molar-refractivity contribution in [2.45, 2.75) is 9.79 Å². The molecule has 2 N–H and O–H groups in total. The van der Waals surface area contributed by atoms with Crippen LogP contribution in [0.3, 0.4) is 0 Å². The summed E-state index contributed by atoms with van der Waals surface area (Å²) in [7, 11) is 13.4. The smallest absolute Gasteiger partial charge is 0.0875 e. The number of quaternary nitrogens is 2. The first kappa shape index (κ1) is 34.1. The second-order valence-electron chi connectivity index (χ2n) is 15.0. The first-order chi connectivity index (χ1) is 24.0. The highest BCUT2D eigenvalue weighted by Crippen LogP contribution is 2.34. The van der Waals surface area contributed by atoms with Crippen LogP contribution in [0.2, 0.25) is 0 Å². The molecule has 8 heteroatoms. The van der Waals surface area contributed by atoms with Gasteiger partial charge >= 0.3 is 0 Å². The van der Waals surface area contributed by atoms with Gasteiger partial charge in [0.2, 0.25) is 0 Å². The van der Waals surface area contributed by atoms with Crippen LogP contribution in [-0.2, 0) is 0 Å². The quantitative estimate of drug-likeness (QED) is 0.110. The lowest BCUT2D eigenvalue weighted by Crippen LogP contribution is -2.36. The van der Waals surface area contributed by atoms with E-state index in [1.807, 2.05) is 23.5 Å². The van der Waals surface area contributed by atoms with Crippen LogP contribution in [0.1, 0.15) is 22.8 Å². The minimum absolute atomic E-state index is 0.905. The van der Waals surface area contributed by atoms with Crippen LogP contribution in [0.5, 0.6) is 0 Å². The Bertz CT molecular complexity index is 2130. The molecular weight excluding hydrogens is 653 g/mol. The molecule has 5 heterocycles. The molecule has 2 aromatic carbocycles. The number of rotatable bonds is 10. The summed E-state index contributed by atoms with van der Waals surface area (Å²) in [6, 6.07) is 30.7. The van der Waals surface area contributed by atoms with Crippen LogP contribution >= 0.6 is 23.5 Å². The van der Waals surface area contributed by atoms with Crippen LogP contribution in [-0.4, -0.2) is 95.8 Å². The van der Waals surface area contributed by atoms with Crippen molar-refractivity contribution in [1.82, 2.24) is 19.9 Å². The van der Waals surface area contributed by atoms with E-state index in [0.29, 0.717) is 0 Å². The second-order valence-corrected chi connectivity index (χ2v) is 17.3. The maximum Gasteiger partial charge on any atom is 0.0875 e. The predicted octanol–water partition coefficient (Wildman–Crippen LogP) is 9.59. The summed E-state index contributed by atoms with van der Waals surface area (Å²) in [4.78, 5) is 20.2. The Hall–Kier alpha value is -4.34. The van der Waals surface area contributed by atoms with Crippen molar-refractivity contribution in [3.63, 3.8) is 0 Å². The van der Waals surface area contributed by atoms with Gasteiger partial charge in [-0.3, -0.25) is 0 Å². The third-order valence-corrected chi connectivity index (χ3v) is 10.7. The number of thioether (sulfide) groups is 2. The number of aromatic nitrogens is 4. The van der Waals surface area contributed by atoms with Crippen LogP contribution in [0.15, 0.2) is 94.7 Å². The maximum absolute atomic E-state index is 5.12. The Morgan fingerprint density at radius 2 is 0.920 bits per heavy atom. The fourth-order valence-electron chi connectivity index (χ4n) is 5.99. The average molecular weight is 699 g/mol. The molecule has 5 aromatic rings. The highest BCUT2D eigenvalue weighted by Gasteiger charge is 2.15. The molecule has 6 nitrogen and oxygen atoms in total. The molecular formula is C42H46N6S2+2. The van der Waals surface area contributed by atoms with E-state index in [1.165, 1.54) is 9.79 Å². The molecule has 0 saturated carbocycles. The van der Waals surface area contributed by atoms with Crippen molar-refractivity contribution in [3.8, 4) is 22.3 Å². The van der Waals surface area contributed by atoms with Crippen LogP contribution in [0.25, 0.3) is 68.6 Å². The van der Waals surface area contributed by atoms with Crippen molar-refractivity contribution in [2.24, 2.45) is 0 Å². The van der Waals surface area contributed by atoms with Crippen molar-refractivity contribution < 1.29 is 8.97 Å². The van der Waals surface area contributed by atoms with Crippen LogP contribution in [0, 0.1) is 0 Å². The van der Waals surface area contributed by atoms with Gasteiger partial charge in [0.25, 0.3) is 0 Å². The molecule has 0 spiro atoms. The van der Waals surface area contributed by atoms with E-state index < -0.39 is 0 Å². The van der Waals surface area contributed by atoms with Gasteiger partial charge in [-0.1, -0.05) is 24.3 Å². The van der Waals surface area contributed by atoms with Crippen LogP contribution in [0.4, 0.5) is 0 Å². The van der Waals surface area contributed by atoms with E-state index in [2.05, 4.69) is 161 Å². The summed E-state index contributed by atoms with van der Waals surface area (Å²) >= 11 is 3.82. The van der Waals surface area contributed by atoms with E-state index in [0.717, 1.165) is 101 Å². The Morgan fingerprint density at radius 1 is 0.500 bits per heavy atom. The van der Waals surface area contributed by atoms with Gasteiger partial charge in [-0.25, -0.2) is 9.97 Å². The number of H-pyrrole nitrogens is 2. The number of aromatic amines is 2. The molecule has 0 unspecified atom stereocenters. The molecule has 2 aliphatic rings. The van der Waals surface area contributed by atoms with Gasteiger partial charge in [-0.2, -0.15) is 0 Å². The van der Waals surface area contributed by atoms with E-state index in [4.69, 9.17) is 9.97 Å². The van der Waals surface area contributed by atoms with Gasteiger partial charge in [-0.05, 0) is 96.1 Å². The maximum atomic E-state index is 5.12. The summed E-state index contributed by atoms with van der Waals surface area (Å²) < 4.78 is 1.93. The number of nitrogens with one attached hydrogen (secondary N) is 2. The van der Waals surface area contributed by atoms with Crippen molar-refractivity contribution in [2.75, 3.05) is 66.9 Å². The molecule has 0 saturated heterocycles. The summed E-state index contributed by atoms with van der Waals surface area (Å²) in [5, 5.41) is 0. The second kappa shape index (κ2) is 14.1. The first-order valence-electron chi connectivity index (χ1n) is 17.1. The average Bonchev–Trinajstić information content (AvgIpc) is 3.88. The molecule has 3 aromatic heterocycles. The van der Waals surface area contributed by atoms with Gasteiger partial charge < -0.3 is 18.9 Å². The highest BCUT2D eigenvalue weighted by molar-refractivity contribution is 7.99. The third kappa shape index (κ3) is 8.33. The summed E-state index contributed by atoms with van der Waals surface area (Å²) in [5.74, 6) is 2.16. The third-order valence-electron chi connectivity index (χ3n) is 8.75. The lowest BCUT2D eigenvalue weighted by atomic mass is 10.0. The van der Waals surface area contributed by atoms with Gasteiger partial charge in [0.1, 0.15) is 0 Å².